The summed E-state index contributed by atoms with van der Waals surface area (Å²) in [5.74, 6) is 0.00637. The molecular formula is C30H28Cl4O2. The fraction of sp³-hybridized carbons (Fsp3) is 0.200. The smallest absolute Gasteiger partial charge is 0.0855 e. The molecular weight excluding hydrogens is 534 g/mol. The Bertz CT molecular complexity index is 1010. The van der Waals surface area contributed by atoms with Crippen LogP contribution in [-0.4, -0.2) is 10.2 Å². The Balaban J connectivity index is 0.000000201. The Morgan fingerprint density at radius 2 is 0.583 bits per heavy atom. The molecule has 4 aromatic carbocycles. The van der Waals surface area contributed by atoms with Gasteiger partial charge in [0.25, 0.3) is 0 Å². The van der Waals surface area contributed by atoms with Gasteiger partial charge >= 0.3 is 0 Å². The van der Waals surface area contributed by atoms with Crippen LogP contribution in [0.2, 0.25) is 20.1 Å². The zero-order chi connectivity index (χ0) is 26.2. The lowest BCUT2D eigenvalue weighted by atomic mass is 9.91. The summed E-state index contributed by atoms with van der Waals surface area (Å²) in [7, 11) is 0. The normalized spacial score (nSPS) is 14.2. The molecule has 36 heavy (non-hydrogen) atoms. The van der Waals surface area contributed by atoms with E-state index in [2.05, 4.69) is 0 Å². The van der Waals surface area contributed by atoms with E-state index >= 15 is 0 Å². The largest absolute Gasteiger partial charge is 0.388 e. The molecule has 0 saturated carbocycles. The van der Waals surface area contributed by atoms with Crippen molar-refractivity contribution in [2.45, 2.75) is 37.9 Å². The summed E-state index contributed by atoms with van der Waals surface area (Å²) in [6.07, 6.45) is -1.10. The van der Waals surface area contributed by atoms with Gasteiger partial charge in [-0.2, -0.15) is 0 Å². The first-order valence-electron chi connectivity index (χ1n) is 11.5. The van der Waals surface area contributed by atoms with E-state index in [1.54, 1.807) is 24.3 Å². The van der Waals surface area contributed by atoms with Gasteiger partial charge < -0.3 is 10.2 Å². The molecule has 2 N–H and O–H groups in total. The van der Waals surface area contributed by atoms with Crippen LogP contribution in [0.25, 0.3) is 0 Å². The minimum atomic E-state index is -0.552. The molecule has 2 nitrogen and oxygen atoms in total. The Kier molecular flexibility index (Phi) is 10.7. The lowest BCUT2D eigenvalue weighted by molar-refractivity contribution is 0.151. The average molecular weight is 562 g/mol. The van der Waals surface area contributed by atoms with Crippen LogP contribution in [0.4, 0.5) is 0 Å². The molecule has 0 bridgehead atoms. The minimum absolute atomic E-state index is 0.00319. The van der Waals surface area contributed by atoms with Crippen molar-refractivity contribution in [1.29, 1.82) is 0 Å². The highest BCUT2D eigenvalue weighted by Gasteiger charge is 2.19. The van der Waals surface area contributed by atoms with Crippen LogP contribution in [0, 0.1) is 0 Å². The topological polar surface area (TPSA) is 40.5 Å². The van der Waals surface area contributed by atoms with E-state index in [-0.39, 0.29) is 11.8 Å². The van der Waals surface area contributed by atoms with Crippen molar-refractivity contribution in [3.63, 3.8) is 0 Å². The van der Waals surface area contributed by atoms with Crippen molar-refractivity contribution in [1.82, 2.24) is 0 Å². The maximum atomic E-state index is 10.3. The van der Waals surface area contributed by atoms with Gasteiger partial charge in [-0.3, -0.25) is 0 Å². The summed E-state index contributed by atoms with van der Waals surface area (Å²) in [4.78, 5) is 0. The standard InChI is InChI=1S/2C15H14Cl2O/c2*1-10(11-2-6-13(16)7-3-11)15(18)12-4-8-14(17)9-5-12/h2*2-10,15,18H,1H3/t2*10-,15-/m10/s1. The summed E-state index contributed by atoms with van der Waals surface area (Å²) in [6.45, 7) is 3.98. The lowest BCUT2D eigenvalue weighted by Crippen LogP contribution is -2.07. The third kappa shape index (κ3) is 7.98. The van der Waals surface area contributed by atoms with Gasteiger partial charge in [-0.25, -0.2) is 0 Å². The van der Waals surface area contributed by atoms with Crippen molar-refractivity contribution in [2.24, 2.45) is 0 Å². The van der Waals surface area contributed by atoms with Crippen molar-refractivity contribution in [3.8, 4) is 0 Å². The zero-order valence-corrected chi connectivity index (χ0v) is 23.0. The second-order valence-electron chi connectivity index (χ2n) is 8.67. The molecule has 0 aromatic heterocycles. The number of hydrogen-bond donors (Lipinski definition) is 2. The Labute approximate surface area is 233 Å². The van der Waals surface area contributed by atoms with Crippen LogP contribution in [0.3, 0.4) is 0 Å². The fourth-order valence-electron chi connectivity index (χ4n) is 3.79. The molecule has 4 aromatic rings. The second-order valence-corrected chi connectivity index (χ2v) is 10.4. The van der Waals surface area contributed by atoms with Gasteiger partial charge in [0, 0.05) is 31.9 Å². The lowest BCUT2D eigenvalue weighted by Gasteiger charge is -2.19. The van der Waals surface area contributed by atoms with Gasteiger partial charge in [0.2, 0.25) is 0 Å². The summed E-state index contributed by atoms with van der Waals surface area (Å²) in [5.41, 5.74) is 3.84. The molecule has 0 spiro atoms. The Hall–Kier alpha value is -2.04. The summed E-state index contributed by atoms with van der Waals surface area (Å²) >= 11 is 23.4. The SMILES string of the molecule is C[C@@H](c1ccc(Cl)cc1)[C@H](O)c1ccc(Cl)cc1.C[C@H](c1ccc(Cl)cc1)[C@@H](O)c1ccc(Cl)cc1. The number of rotatable bonds is 6. The van der Waals surface area contributed by atoms with E-state index in [4.69, 9.17) is 46.4 Å². The van der Waals surface area contributed by atoms with E-state index < -0.39 is 12.2 Å². The quantitative estimate of drug-likeness (QED) is 0.246. The maximum absolute atomic E-state index is 10.3. The summed E-state index contributed by atoms with van der Waals surface area (Å²) in [5, 5.41) is 23.4. The molecule has 4 atom stereocenters. The molecule has 0 unspecified atom stereocenters. The van der Waals surface area contributed by atoms with Crippen molar-refractivity contribution in [2.75, 3.05) is 0 Å². The van der Waals surface area contributed by atoms with Crippen LogP contribution in [0.15, 0.2) is 97.1 Å². The maximum Gasteiger partial charge on any atom is 0.0855 e. The number of halogens is 4. The minimum Gasteiger partial charge on any atom is -0.388 e. The van der Waals surface area contributed by atoms with Gasteiger partial charge in [-0.05, 0) is 70.8 Å². The summed E-state index contributed by atoms with van der Waals surface area (Å²) in [6, 6.07) is 29.6. The number of benzene rings is 4. The molecule has 0 heterocycles. The van der Waals surface area contributed by atoms with E-state index in [1.165, 1.54) is 0 Å². The first-order valence-corrected chi connectivity index (χ1v) is 13.0. The Morgan fingerprint density at radius 1 is 0.389 bits per heavy atom. The van der Waals surface area contributed by atoms with E-state index in [0.717, 1.165) is 22.3 Å². The number of aliphatic hydroxyl groups is 2. The molecule has 0 aliphatic rings. The third-order valence-electron chi connectivity index (χ3n) is 6.16. The Morgan fingerprint density at radius 3 is 0.806 bits per heavy atom. The second kappa shape index (κ2) is 13.5. The van der Waals surface area contributed by atoms with Crippen molar-refractivity contribution < 1.29 is 10.2 Å². The highest BCUT2D eigenvalue weighted by atomic mass is 35.5. The molecule has 0 amide bonds. The molecule has 6 heteroatoms. The van der Waals surface area contributed by atoms with Gasteiger partial charge in [0.15, 0.2) is 0 Å². The van der Waals surface area contributed by atoms with Gasteiger partial charge in [0.05, 0.1) is 12.2 Å². The summed E-state index contributed by atoms with van der Waals surface area (Å²) < 4.78 is 0. The van der Waals surface area contributed by atoms with E-state index in [1.807, 2.05) is 86.6 Å². The van der Waals surface area contributed by atoms with Crippen LogP contribution in [0.1, 0.15) is 60.1 Å². The fourth-order valence-corrected chi connectivity index (χ4v) is 4.30. The predicted octanol–water partition coefficient (Wildman–Crippen LogP) is 9.66. The average Bonchev–Trinajstić information content (AvgIpc) is 2.89. The third-order valence-corrected chi connectivity index (χ3v) is 7.17. The van der Waals surface area contributed by atoms with Crippen molar-refractivity contribution in [3.05, 3.63) is 139 Å². The zero-order valence-electron chi connectivity index (χ0n) is 20.0. The van der Waals surface area contributed by atoms with E-state index in [9.17, 15) is 10.2 Å². The van der Waals surface area contributed by atoms with Crippen LogP contribution in [-0.2, 0) is 0 Å². The molecule has 188 valence electrons. The molecule has 0 saturated heterocycles. The molecule has 0 aliphatic carbocycles. The monoisotopic (exact) mass is 560 g/mol. The highest BCUT2D eigenvalue weighted by molar-refractivity contribution is 6.31. The molecule has 0 radical (unpaired) electrons. The number of hydrogen-bond acceptors (Lipinski definition) is 2. The van der Waals surface area contributed by atoms with Crippen LogP contribution >= 0.6 is 46.4 Å². The van der Waals surface area contributed by atoms with Crippen LogP contribution in [0.5, 0.6) is 0 Å². The van der Waals surface area contributed by atoms with E-state index in [0.29, 0.717) is 20.1 Å². The van der Waals surface area contributed by atoms with Gasteiger partial charge in [0.1, 0.15) is 0 Å². The van der Waals surface area contributed by atoms with Gasteiger partial charge in [-0.1, -0.05) is 109 Å². The molecule has 4 rings (SSSR count). The first kappa shape index (κ1) is 28.5. The first-order chi connectivity index (χ1) is 17.2. The highest BCUT2D eigenvalue weighted by Crippen LogP contribution is 2.32. The molecule has 0 aliphatic heterocycles. The predicted molar refractivity (Wildman–Crippen MR) is 153 cm³/mol. The molecule has 0 fully saturated rings. The van der Waals surface area contributed by atoms with Gasteiger partial charge in [-0.15, -0.1) is 0 Å². The van der Waals surface area contributed by atoms with Crippen molar-refractivity contribution >= 4 is 46.4 Å². The number of aliphatic hydroxyl groups excluding tert-OH is 2. The van der Waals surface area contributed by atoms with Crippen LogP contribution < -0.4 is 0 Å².